The van der Waals surface area contributed by atoms with Gasteiger partial charge in [0.05, 0.1) is 43.2 Å². The summed E-state index contributed by atoms with van der Waals surface area (Å²) < 4.78 is 17.8. The number of ether oxygens (including phenoxy) is 3. The number of benzene rings is 2. The van der Waals surface area contributed by atoms with E-state index in [0.717, 1.165) is 5.56 Å². The summed E-state index contributed by atoms with van der Waals surface area (Å²) in [5, 5.41) is 0.611. The van der Waals surface area contributed by atoms with Crippen molar-refractivity contribution in [1.82, 2.24) is 4.57 Å². The van der Waals surface area contributed by atoms with E-state index >= 15 is 0 Å². The summed E-state index contributed by atoms with van der Waals surface area (Å²) in [6.07, 6.45) is 1.78. The Morgan fingerprint density at radius 3 is 2.42 bits per heavy atom. The molecule has 0 spiro atoms. The van der Waals surface area contributed by atoms with Crippen molar-refractivity contribution in [2.45, 2.75) is 13.0 Å². The van der Waals surface area contributed by atoms with Crippen molar-refractivity contribution in [3.05, 3.63) is 89.6 Å². The molecule has 4 rings (SSSR count). The van der Waals surface area contributed by atoms with E-state index < -0.39 is 12.0 Å². The zero-order chi connectivity index (χ0) is 23.7. The molecule has 33 heavy (non-hydrogen) atoms. The highest BCUT2D eigenvalue weighted by Crippen LogP contribution is 2.35. The predicted octanol–water partition coefficient (Wildman–Crippen LogP) is 3.08. The van der Waals surface area contributed by atoms with Crippen LogP contribution < -0.4 is 24.4 Å². The highest BCUT2D eigenvalue weighted by atomic mass is 35.5. The van der Waals surface area contributed by atoms with Crippen LogP contribution in [0.4, 0.5) is 0 Å². The Morgan fingerprint density at radius 2 is 1.79 bits per heavy atom. The lowest BCUT2D eigenvalue weighted by Gasteiger charge is -2.25. The summed E-state index contributed by atoms with van der Waals surface area (Å²) in [7, 11) is 4.38. The quantitative estimate of drug-likeness (QED) is 0.520. The number of esters is 1. The van der Waals surface area contributed by atoms with Crippen LogP contribution in [0.3, 0.4) is 0 Å². The Labute approximate surface area is 198 Å². The summed E-state index contributed by atoms with van der Waals surface area (Å²) in [5.41, 5.74) is 2.01. The first kappa shape index (κ1) is 22.8. The van der Waals surface area contributed by atoms with Crippen molar-refractivity contribution in [2.75, 3.05) is 21.3 Å². The zero-order valence-corrected chi connectivity index (χ0v) is 20.0. The van der Waals surface area contributed by atoms with Gasteiger partial charge in [0.25, 0.3) is 5.56 Å². The van der Waals surface area contributed by atoms with Gasteiger partial charge in [0.15, 0.2) is 16.3 Å². The second-order valence-corrected chi connectivity index (χ2v) is 8.68. The number of methoxy groups -OCH3 is 3. The van der Waals surface area contributed by atoms with Crippen LogP contribution in [-0.4, -0.2) is 31.9 Å². The standard InChI is InChI=1S/C24H21ClN2O5S/c1-13-20(23(29)32-4)21(15-7-10-17(30-2)18(12-15)31-3)27-22(28)19(33-24(27)26-13)11-14-5-8-16(25)9-6-14/h5-12,21H,1-4H3/b19-11+/t21-/m0/s1. The maximum Gasteiger partial charge on any atom is 0.338 e. The predicted molar refractivity (Wildman–Crippen MR) is 127 cm³/mol. The van der Waals surface area contributed by atoms with Crippen molar-refractivity contribution >= 4 is 35.0 Å². The average Bonchev–Trinajstić information content (AvgIpc) is 3.13. The number of thiazole rings is 1. The molecule has 1 aliphatic heterocycles. The van der Waals surface area contributed by atoms with Crippen LogP contribution in [0.1, 0.15) is 24.1 Å². The van der Waals surface area contributed by atoms with Gasteiger partial charge in [0, 0.05) is 5.02 Å². The van der Waals surface area contributed by atoms with E-state index in [1.165, 1.54) is 30.1 Å². The lowest BCUT2D eigenvalue weighted by Crippen LogP contribution is -2.39. The van der Waals surface area contributed by atoms with Gasteiger partial charge in [-0.25, -0.2) is 9.79 Å². The summed E-state index contributed by atoms with van der Waals surface area (Å²) in [6.45, 7) is 1.73. The topological polar surface area (TPSA) is 79.1 Å². The van der Waals surface area contributed by atoms with E-state index in [0.29, 0.717) is 37.1 Å². The van der Waals surface area contributed by atoms with Crippen molar-refractivity contribution < 1.29 is 19.0 Å². The average molecular weight is 485 g/mol. The van der Waals surface area contributed by atoms with Gasteiger partial charge in [-0.15, -0.1) is 0 Å². The lowest BCUT2D eigenvalue weighted by molar-refractivity contribution is -0.136. The minimum absolute atomic E-state index is 0.262. The highest BCUT2D eigenvalue weighted by Gasteiger charge is 2.33. The minimum Gasteiger partial charge on any atom is -0.493 e. The molecule has 0 bridgehead atoms. The molecule has 1 atom stereocenters. The lowest BCUT2D eigenvalue weighted by atomic mass is 9.95. The maximum absolute atomic E-state index is 13.5. The molecular weight excluding hydrogens is 464 g/mol. The molecule has 0 radical (unpaired) electrons. The Kier molecular flexibility index (Phi) is 6.40. The second kappa shape index (κ2) is 9.25. The Balaban J connectivity index is 1.97. The van der Waals surface area contributed by atoms with Crippen LogP contribution in [0.5, 0.6) is 11.5 Å². The molecule has 2 heterocycles. The molecule has 3 aromatic rings. The van der Waals surface area contributed by atoms with E-state index in [-0.39, 0.29) is 11.1 Å². The van der Waals surface area contributed by atoms with Gasteiger partial charge >= 0.3 is 5.97 Å². The van der Waals surface area contributed by atoms with Crippen LogP contribution in [0.2, 0.25) is 5.02 Å². The van der Waals surface area contributed by atoms with Gasteiger partial charge in [0.1, 0.15) is 0 Å². The first-order valence-corrected chi connectivity index (χ1v) is 11.2. The molecule has 1 aromatic heterocycles. The zero-order valence-electron chi connectivity index (χ0n) is 18.4. The molecule has 0 saturated carbocycles. The summed E-state index contributed by atoms with van der Waals surface area (Å²) >= 11 is 7.23. The third kappa shape index (κ3) is 4.19. The van der Waals surface area contributed by atoms with Gasteiger partial charge in [-0.2, -0.15) is 0 Å². The SMILES string of the molecule is COC(=O)C1=C(C)N=c2s/c(=C/c3ccc(Cl)cc3)c(=O)n2[C@H]1c1ccc(OC)c(OC)c1. The molecule has 0 saturated heterocycles. The van der Waals surface area contributed by atoms with E-state index in [1.54, 1.807) is 50.4 Å². The molecule has 7 nitrogen and oxygen atoms in total. The third-order valence-electron chi connectivity index (χ3n) is 5.32. The van der Waals surface area contributed by atoms with Crippen molar-refractivity contribution in [2.24, 2.45) is 4.99 Å². The van der Waals surface area contributed by atoms with Gasteiger partial charge in [-0.05, 0) is 48.4 Å². The Bertz CT molecular complexity index is 1440. The number of hydrogen-bond acceptors (Lipinski definition) is 7. The highest BCUT2D eigenvalue weighted by molar-refractivity contribution is 7.07. The number of allylic oxidation sites excluding steroid dienone is 1. The van der Waals surface area contributed by atoms with Gasteiger partial charge in [0.2, 0.25) is 0 Å². The van der Waals surface area contributed by atoms with Gasteiger partial charge in [-0.1, -0.05) is 41.1 Å². The summed E-state index contributed by atoms with van der Waals surface area (Å²) in [5.74, 6) is 0.469. The van der Waals surface area contributed by atoms with Crippen molar-refractivity contribution in [3.8, 4) is 11.5 Å². The Morgan fingerprint density at radius 1 is 1.09 bits per heavy atom. The number of carbonyl (C=O) groups is 1. The summed E-state index contributed by atoms with van der Waals surface area (Å²) in [4.78, 5) is 31.3. The number of rotatable bonds is 5. The number of fused-ring (bicyclic) bond motifs is 1. The van der Waals surface area contributed by atoms with Crippen molar-refractivity contribution in [3.63, 3.8) is 0 Å². The van der Waals surface area contributed by atoms with Crippen LogP contribution in [0.25, 0.3) is 6.08 Å². The number of hydrogen-bond donors (Lipinski definition) is 0. The number of carbonyl (C=O) groups excluding carboxylic acids is 1. The molecule has 2 aromatic carbocycles. The molecule has 9 heteroatoms. The molecule has 0 amide bonds. The van der Waals surface area contributed by atoms with Crippen LogP contribution in [0.15, 0.2) is 63.5 Å². The molecule has 170 valence electrons. The smallest absolute Gasteiger partial charge is 0.338 e. The molecule has 0 aliphatic carbocycles. The number of aromatic nitrogens is 1. The Hall–Kier alpha value is -3.36. The van der Waals surface area contributed by atoms with Crippen molar-refractivity contribution in [1.29, 1.82) is 0 Å². The van der Waals surface area contributed by atoms with E-state index in [4.69, 9.17) is 25.8 Å². The first-order valence-electron chi connectivity index (χ1n) is 9.96. The third-order valence-corrected chi connectivity index (χ3v) is 6.55. The molecule has 0 N–H and O–H groups in total. The number of nitrogens with zero attached hydrogens (tertiary/aromatic N) is 2. The molecule has 0 unspecified atom stereocenters. The number of halogens is 1. The van der Waals surface area contributed by atoms with Gasteiger partial charge < -0.3 is 14.2 Å². The summed E-state index contributed by atoms with van der Waals surface area (Å²) in [6, 6.07) is 11.7. The van der Waals surface area contributed by atoms with E-state index in [2.05, 4.69) is 4.99 Å². The first-order chi connectivity index (χ1) is 15.9. The van der Waals surface area contributed by atoms with E-state index in [1.807, 2.05) is 12.1 Å². The fourth-order valence-electron chi connectivity index (χ4n) is 3.74. The fourth-order valence-corrected chi connectivity index (χ4v) is 4.91. The second-order valence-electron chi connectivity index (χ2n) is 7.24. The largest absolute Gasteiger partial charge is 0.493 e. The molecular formula is C24H21ClN2O5S. The normalized spacial score (nSPS) is 15.7. The fraction of sp³-hybridized carbons (Fsp3) is 0.208. The monoisotopic (exact) mass is 484 g/mol. The molecule has 0 fully saturated rings. The van der Waals surface area contributed by atoms with Crippen LogP contribution >= 0.6 is 22.9 Å². The van der Waals surface area contributed by atoms with E-state index in [9.17, 15) is 9.59 Å². The van der Waals surface area contributed by atoms with Gasteiger partial charge in [-0.3, -0.25) is 9.36 Å². The maximum atomic E-state index is 13.5. The van der Waals surface area contributed by atoms with Crippen LogP contribution in [0, 0.1) is 0 Å². The van der Waals surface area contributed by atoms with Crippen LogP contribution in [-0.2, 0) is 9.53 Å². The minimum atomic E-state index is -0.735. The molecule has 1 aliphatic rings.